The lowest BCUT2D eigenvalue weighted by Crippen LogP contribution is -1.94. The Morgan fingerprint density at radius 2 is 1.20 bits per heavy atom. The Morgan fingerprint density at radius 1 is 0.525 bits per heavy atom. The summed E-state index contributed by atoms with van der Waals surface area (Å²) < 4.78 is 16.4. The van der Waals surface area contributed by atoms with Gasteiger partial charge in [0.25, 0.3) is 0 Å². The lowest BCUT2D eigenvalue weighted by Gasteiger charge is -2.10. The Kier molecular flexibility index (Phi) is 4.47. The number of hydrogen-bond donors (Lipinski definition) is 0. The summed E-state index contributed by atoms with van der Waals surface area (Å²) >= 11 is 3.59. The van der Waals surface area contributed by atoms with Crippen LogP contribution < -0.4 is 0 Å². The molecule has 3 nitrogen and oxygen atoms in total. The molecule has 188 valence electrons. The first-order valence-corrected chi connectivity index (χ1v) is 14.1. The summed E-state index contributed by atoms with van der Waals surface area (Å²) in [6.07, 6.45) is 0. The van der Waals surface area contributed by atoms with E-state index in [1.54, 1.807) is 0 Å². The normalized spacial score (nSPS) is 12.1. The van der Waals surface area contributed by atoms with Gasteiger partial charge >= 0.3 is 0 Å². The molecular weight excluding hydrogens is 558 g/mol. The third kappa shape index (κ3) is 3.00. The molecule has 3 aromatic heterocycles. The van der Waals surface area contributed by atoms with Gasteiger partial charge in [-0.3, -0.25) is 0 Å². The van der Waals surface area contributed by atoms with Crippen molar-refractivity contribution in [1.29, 1.82) is 0 Å². The van der Waals surface area contributed by atoms with E-state index in [4.69, 9.17) is 8.83 Å². The number of halogens is 1. The highest BCUT2D eigenvalue weighted by molar-refractivity contribution is 9.10. The van der Waals surface area contributed by atoms with Crippen molar-refractivity contribution < 1.29 is 8.83 Å². The van der Waals surface area contributed by atoms with Gasteiger partial charge in [-0.15, -0.1) is 0 Å². The summed E-state index contributed by atoms with van der Waals surface area (Å²) in [6, 6.07) is 42.5. The molecule has 0 aliphatic heterocycles. The lowest BCUT2D eigenvalue weighted by atomic mass is 9.98. The van der Waals surface area contributed by atoms with Crippen LogP contribution >= 0.6 is 15.9 Å². The first kappa shape index (κ1) is 22.1. The van der Waals surface area contributed by atoms with Crippen molar-refractivity contribution in [2.24, 2.45) is 0 Å². The maximum absolute atomic E-state index is 6.63. The fourth-order valence-corrected chi connectivity index (χ4v) is 6.57. The van der Waals surface area contributed by atoms with E-state index in [9.17, 15) is 0 Å². The number of fused-ring (bicyclic) bond motifs is 10. The Balaban J connectivity index is 1.47. The summed E-state index contributed by atoms with van der Waals surface area (Å²) in [5.74, 6) is 0. The number of aromatic nitrogens is 1. The molecule has 9 rings (SSSR count). The van der Waals surface area contributed by atoms with E-state index in [1.165, 1.54) is 10.8 Å². The number of para-hydroxylation sites is 3. The molecule has 0 N–H and O–H groups in total. The fraction of sp³-hybridized carbons (Fsp3) is 0. The van der Waals surface area contributed by atoms with E-state index in [1.807, 2.05) is 18.2 Å². The van der Waals surface area contributed by atoms with Gasteiger partial charge in [0, 0.05) is 48.7 Å². The number of benzene rings is 6. The van der Waals surface area contributed by atoms with E-state index in [-0.39, 0.29) is 0 Å². The van der Waals surface area contributed by atoms with Crippen LogP contribution in [-0.2, 0) is 0 Å². The molecule has 0 bridgehead atoms. The molecule has 0 fully saturated rings. The highest BCUT2D eigenvalue weighted by Gasteiger charge is 2.22. The van der Waals surface area contributed by atoms with Gasteiger partial charge in [-0.2, -0.15) is 0 Å². The Labute approximate surface area is 237 Å². The van der Waals surface area contributed by atoms with E-state index in [0.717, 1.165) is 76.2 Å². The van der Waals surface area contributed by atoms with Gasteiger partial charge in [-0.25, -0.2) is 0 Å². The molecule has 0 aliphatic carbocycles. The second kappa shape index (κ2) is 8.10. The molecular formula is C36H20BrNO2. The molecule has 0 saturated carbocycles. The van der Waals surface area contributed by atoms with Gasteiger partial charge < -0.3 is 13.4 Å². The third-order valence-corrected chi connectivity index (χ3v) is 8.58. The summed E-state index contributed by atoms with van der Waals surface area (Å²) in [4.78, 5) is 0. The molecule has 3 heterocycles. The van der Waals surface area contributed by atoms with Crippen LogP contribution in [0.1, 0.15) is 0 Å². The minimum absolute atomic E-state index is 0.879. The summed E-state index contributed by atoms with van der Waals surface area (Å²) in [5, 5.41) is 6.87. The topological polar surface area (TPSA) is 31.2 Å². The van der Waals surface area contributed by atoms with E-state index in [0.29, 0.717) is 0 Å². The number of hydrogen-bond acceptors (Lipinski definition) is 2. The monoisotopic (exact) mass is 577 g/mol. The minimum Gasteiger partial charge on any atom is -0.456 e. The number of rotatable bonds is 2. The van der Waals surface area contributed by atoms with Gasteiger partial charge in [0.05, 0.1) is 16.4 Å². The maximum atomic E-state index is 6.63. The molecule has 40 heavy (non-hydrogen) atoms. The zero-order valence-electron chi connectivity index (χ0n) is 21.2. The van der Waals surface area contributed by atoms with Crippen molar-refractivity contribution in [1.82, 2.24) is 4.57 Å². The smallest absolute Gasteiger partial charge is 0.145 e. The summed E-state index contributed by atoms with van der Waals surface area (Å²) in [6.45, 7) is 0. The molecule has 9 aromatic rings. The zero-order chi connectivity index (χ0) is 26.4. The summed E-state index contributed by atoms with van der Waals surface area (Å²) in [5.41, 5.74) is 9.10. The van der Waals surface area contributed by atoms with Crippen molar-refractivity contribution in [2.75, 3.05) is 0 Å². The van der Waals surface area contributed by atoms with Gasteiger partial charge in [-0.1, -0.05) is 82.7 Å². The predicted molar refractivity (Wildman–Crippen MR) is 168 cm³/mol. The molecule has 4 heteroatoms. The highest BCUT2D eigenvalue weighted by Crippen LogP contribution is 2.45. The van der Waals surface area contributed by atoms with Crippen LogP contribution in [0.3, 0.4) is 0 Å². The molecule has 0 atom stereocenters. The standard InChI is InChI=1S/C36H20BrNO2/c37-22-15-13-21(14-16-22)28-20-29-24-7-1-4-10-30(24)38(35(29)34-27-9-3-6-12-32(27)40-36(28)34)23-17-18-26-25-8-2-5-11-31(25)39-33(26)19-23/h1-20H. The highest BCUT2D eigenvalue weighted by atomic mass is 79.9. The maximum Gasteiger partial charge on any atom is 0.145 e. The Morgan fingerprint density at radius 3 is 2.02 bits per heavy atom. The van der Waals surface area contributed by atoms with Crippen molar-refractivity contribution in [3.05, 3.63) is 126 Å². The van der Waals surface area contributed by atoms with Crippen LogP contribution in [0.15, 0.2) is 135 Å². The lowest BCUT2D eigenvalue weighted by molar-refractivity contribution is 0.668. The SMILES string of the molecule is Brc1ccc(-c2cc3c4ccccc4n(-c4ccc5c(c4)oc4ccccc45)c3c3c2oc2ccccc23)cc1. The zero-order valence-corrected chi connectivity index (χ0v) is 22.8. The predicted octanol–water partition coefficient (Wildman–Crippen LogP) is 11.0. The van der Waals surface area contributed by atoms with Crippen LogP contribution in [0, 0.1) is 0 Å². The third-order valence-electron chi connectivity index (χ3n) is 8.06. The number of furan rings is 2. The molecule has 0 radical (unpaired) electrons. The van der Waals surface area contributed by atoms with Crippen LogP contribution in [0.4, 0.5) is 0 Å². The van der Waals surface area contributed by atoms with Gasteiger partial charge in [0.2, 0.25) is 0 Å². The van der Waals surface area contributed by atoms with Crippen LogP contribution in [-0.4, -0.2) is 4.57 Å². The fourth-order valence-electron chi connectivity index (χ4n) is 6.30. The molecule has 6 aromatic carbocycles. The quantitative estimate of drug-likeness (QED) is 0.204. The Bertz CT molecular complexity index is 2440. The molecule has 0 saturated heterocycles. The summed E-state index contributed by atoms with van der Waals surface area (Å²) in [7, 11) is 0. The Hall–Kier alpha value is -4.80. The van der Waals surface area contributed by atoms with Crippen molar-refractivity contribution in [3.8, 4) is 16.8 Å². The van der Waals surface area contributed by atoms with Crippen LogP contribution in [0.2, 0.25) is 0 Å². The molecule has 0 amide bonds. The van der Waals surface area contributed by atoms with Gasteiger partial charge in [-0.05, 0) is 54.1 Å². The molecule has 0 spiro atoms. The average molecular weight is 578 g/mol. The average Bonchev–Trinajstić information content (AvgIpc) is 3.66. The molecule has 0 aliphatic rings. The largest absolute Gasteiger partial charge is 0.456 e. The van der Waals surface area contributed by atoms with Crippen LogP contribution in [0.25, 0.3) is 82.5 Å². The van der Waals surface area contributed by atoms with Crippen LogP contribution in [0.5, 0.6) is 0 Å². The first-order valence-electron chi connectivity index (χ1n) is 13.3. The van der Waals surface area contributed by atoms with Gasteiger partial charge in [0.1, 0.15) is 22.3 Å². The number of nitrogens with zero attached hydrogens (tertiary/aromatic N) is 1. The van der Waals surface area contributed by atoms with Gasteiger partial charge in [0.15, 0.2) is 0 Å². The van der Waals surface area contributed by atoms with Crippen molar-refractivity contribution >= 4 is 81.6 Å². The van der Waals surface area contributed by atoms with E-state index >= 15 is 0 Å². The van der Waals surface area contributed by atoms with E-state index in [2.05, 4.69) is 124 Å². The second-order valence-electron chi connectivity index (χ2n) is 10.3. The van der Waals surface area contributed by atoms with Crippen molar-refractivity contribution in [2.45, 2.75) is 0 Å². The van der Waals surface area contributed by atoms with Crippen molar-refractivity contribution in [3.63, 3.8) is 0 Å². The second-order valence-corrected chi connectivity index (χ2v) is 11.2. The van der Waals surface area contributed by atoms with E-state index < -0.39 is 0 Å². The minimum atomic E-state index is 0.879. The molecule has 0 unspecified atom stereocenters. The first-order chi connectivity index (χ1) is 19.7.